The molecule has 4 atom stereocenters. The van der Waals surface area contributed by atoms with Crippen LogP contribution in [-0.2, 0) is 28.8 Å². The van der Waals surface area contributed by atoms with E-state index in [9.17, 15) is 33.9 Å². The number of unbranched alkanes of at least 4 members (excludes halogenated alkanes) is 1. The molecule has 0 radical (unpaired) electrons. The predicted octanol–water partition coefficient (Wildman–Crippen LogP) is 0.876. The van der Waals surface area contributed by atoms with Gasteiger partial charge < -0.3 is 31.3 Å². The molecule has 0 aromatic carbocycles. The molecule has 13 nitrogen and oxygen atoms in total. The molecule has 2 aliphatic rings. The molecule has 4 amide bonds. The molecule has 1 aromatic heterocycles. The minimum absolute atomic E-state index is 0.0413. The number of hydrogen-bond acceptors (Lipinski definition) is 11. The number of aliphatic carboxylic acids is 1. The van der Waals surface area contributed by atoms with E-state index >= 15 is 0 Å². The van der Waals surface area contributed by atoms with Crippen molar-refractivity contribution in [2.75, 3.05) is 31.1 Å². The molecule has 0 aliphatic carbocycles. The van der Waals surface area contributed by atoms with Crippen LogP contribution in [0.3, 0.4) is 0 Å². The molecule has 242 valence electrons. The van der Waals surface area contributed by atoms with Crippen molar-refractivity contribution in [1.29, 1.82) is 0 Å². The molecule has 3 heterocycles. The largest absolute Gasteiger partial charge is 0.480 e. The van der Waals surface area contributed by atoms with E-state index in [-0.39, 0.29) is 37.0 Å². The van der Waals surface area contributed by atoms with Gasteiger partial charge in [-0.15, -0.1) is 0 Å². The van der Waals surface area contributed by atoms with E-state index < -0.39 is 47.7 Å². The summed E-state index contributed by atoms with van der Waals surface area (Å²) in [5.74, 6) is -3.11. The molecule has 2 fully saturated rings. The van der Waals surface area contributed by atoms with Crippen LogP contribution < -0.4 is 16.4 Å². The Morgan fingerprint density at radius 3 is 2.48 bits per heavy atom. The Morgan fingerprint density at radius 2 is 1.80 bits per heavy atom. The van der Waals surface area contributed by atoms with Crippen molar-refractivity contribution in [3.63, 3.8) is 0 Å². The summed E-state index contributed by atoms with van der Waals surface area (Å²) in [6.07, 6.45) is 5.04. The fourth-order valence-electron chi connectivity index (χ4n) is 5.13. The second-order valence-electron chi connectivity index (χ2n) is 10.6. The number of nitrogens with two attached hydrogens (primary N) is 1. The molecular formula is C28H40N6O7S3. The molecule has 16 heteroatoms. The van der Waals surface area contributed by atoms with Crippen LogP contribution >= 0.6 is 34.2 Å². The van der Waals surface area contributed by atoms with Crippen LogP contribution in [-0.4, -0.2) is 111 Å². The quantitative estimate of drug-likeness (QED) is 0.0685. The molecule has 0 spiro atoms. The molecule has 1 aromatic rings. The Morgan fingerprint density at radius 1 is 1.07 bits per heavy atom. The number of nitrogens with zero attached hydrogens (tertiary/aromatic N) is 3. The molecule has 2 aliphatic heterocycles. The maximum absolute atomic E-state index is 13.6. The van der Waals surface area contributed by atoms with Gasteiger partial charge in [0.2, 0.25) is 23.5 Å². The molecule has 44 heavy (non-hydrogen) atoms. The third kappa shape index (κ3) is 10.4. The van der Waals surface area contributed by atoms with Crippen molar-refractivity contribution in [3.05, 3.63) is 24.4 Å². The molecule has 2 saturated heterocycles. The highest BCUT2D eigenvalue weighted by atomic mass is 33.1. The zero-order valence-corrected chi connectivity index (χ0v) is 26.9. The zero-order valence-electron chi connectivity index (χ0n) is 24.4. The van der Waals surface area contributed by atoms with Crippen molar-refractivity contribution < 1.29 is 33.9 Å². The first-order chi connectivity index (χ1) is 21.1. The lowest BCUT2D eigenvalue weighted by molar-refractivity contribution is -0.147. The molecular weight excluding hydrogens is 629 g/mol. The van der Waals surface area contributed by atoms with Crippen molar-refractivity contribution >= 4 is 69.6 Å². The highest BCUT2D eigenvalue weighted by Crippen LogP contribution is 2.30. The van der Waals surface area contributed by atoms with Gasteiger partial charge in [-0.25, -0.2) is 9.78 Å². The number of carbonyl (C=O) groups excluding carboxylic acids is 5. The number of carbonyl (C=O) groups is 6. The molecule has 0 saturated carbocycles. The van der Waals surface area contributed by atoms with Crippen LogP contribution in [0.4, 0.5) is 0 Å². The van der Waals surface area contributed by atoms with E-state index in [1.807, 2.05) is 18.2 Å². The van der Waals surface area contributed by atoms with Crippen LogP contribution in [0.5, 0.6) is 0 Å². The smallest absolute Gasteiger partial charge is 0.326 e. The first-order valence-electron chi connectivity index (χ1n) is 14.7. The second kappa shape index (κ2) is 18.2. The van der Waals surface area contributed by atoms with E-state index in [4.69, 9.17) is 5.73 Å². The Bertz CT molecular complexity index is 1180. The highest BCUT2D eigenvalue weighted by Gasteiger charge is 2.42. The number of pyridine rings is 1. The second-order valence-corrected chi connectivity index (χ2v) is 13.4. The highest BCUT2D eigenvalue weighted by molar-refractivity contribution is 8.76. The van der Waals surface area contributed by atoms with Gasteiger partial charge in [-0.3, -0.25) is 24.0 Å². The van der Waals surface area contributed by atoms with E-state index in [0.29, 0.717) is 57.4 Å². The summed E-state index contributed by atoms with van der Waals surface area (Å²) in [6, 6.07) is 2.01. The lowest BCUT2D eigenvalue weighted by Gasteiger charge is -2.31. The summed E-state index contributed by atoms with van der Waals surface area (Å²) >= 11 is 3.89. The van der Waals surface area contributed by atoms with Gasteiger partial charge in [-0.2, -0.15) is 12.6 Å². The number of nitrogens with one attached hydrogen (secondary N) is 2. The maximum Gasteiger partial charge on any atom is 0.326 e. The summed E-state index contributed by atoms with van der Waals surface area (Å²) in [6.45, 7) is 0.988. The minimum atomic E-state index is -1.21. The van der Waals surface area contributed by atoms with Gasteiger partial charge in [0.05, 0.1) is 6.04 Å². The van der Waals surface area contributed by atoms with Crippen molar-refractivity contribution in [3.8, 4) is 0 Å². The van der Waals surface area contributed by atoms with Gasteiger partial charge in [0.15, 0.2) is 0 Å². The average Bonchev–Trinajstić information content (AvgIpc) is 3.72. The summed E-state index contributed by atoms with van der Waals surface area (Å²) in [4.78, 5) is 82.5. The van der Waals surface area contributed by atoms with Crippen LogP contribution in [0.2, 0.25) is 0 Å². The van der Waals surface area contributed by atoms with Gasteiger partial charge in [-0.1, -0.05) is 16.9 Å². The van der Waals surface area contributed by atoms with Gasteiger partial charge >= 0.3 is 5.97 Å². The third-order valence-electron chi connectivity index (χ3n) is 7.46. The fourth-order valence-corrected chi connectivity index (χ4v) is 7.15. The summed E-state index contributed by atoms with van der Waals surface area (Å²) in [5, 5.41) is 15.6. The van der Waals surface area contributed by atoms with Crippen molar-refractivity contribution in [2.24, 2.45) is 5.73 Å². The minimum Gasteiger partial charge on any atom is -0.480 e. The van der Waals surface area contributed by atoms with Crippen LogP contribution in [0, 0.1) is 0 Å². The number of hydrogen-bond donors (Lipinski definition) is 5. The monoisotopic (exact) mass is 668 g/mol. The number of aromatic nitrogens is 1. The summed E-state index contributed by atoms with van der Waals surface area (Å²) < 4.78 is 0. The van der Waals surface area contributed by atoms with E-state index in [2.05, 4.69) is 28.2 Å². The number of thiol groups is 1. The first kappa shape index (κ1) is 35.7. The molecule has 3 unspecified atom stereocenters. The number of rotatable bonds is 17. The average molecular weight is 669 g/mol. The SMILES string of the molecule is N[C@@H](CS)C(=O)C(=O)NCCCCC(NC(=O)C1CCCN1C(=O)C1CCCN1C(=O)CCSSc1ccccn1)C(=O)O. The van der Waals surface area contributed by atoms with E-state index in [1.165, 1.54) is 26.5 Å². The fraction of sp³-hybridized carbons (Fsp3) is 0.607. The Kier molecular flexibility index (Phi) is 14.8. The topological polar surface area (TPSA) is 192 Å². The van der Waals surface area contributed by atoms with E-state index in [0.717, 1.165) is 5.03 Å². The number of carboxylic acid groups (broad SMARTS) is 1. The molecule has 3 rings (SSSR count). The lowest BCUT2D eigenvalue weighted by Crippen LogP contribution is -2.54. The Labute approximate surface area is 270 Å². The van der Waals surface area contributed by atoms with Gasteiger partial charge in [0.1, 0.15) is 23.2 Å². The summed E-state index contributed by atoms with van der Waals surface area (Å²) in [5.41, 5.74) is 5.50. The number of likely N-dealkylation sites (tertiary alicyclic amines) is 2. The number of ketones is 1. The maximum atomic E-state index is 13.6. The van der Waals surface area contributed by atoms with Crippen molar-refractivity contribution in [1.82, 2.24) is 25.4 Å². The van der Waals surface area contributed by atoms with Crippen LogP contribution in [0.25, 0.3) is 0 Å². The Hall–Kier alpha value is -2.82. The summed E-state index contributed by atoms with van der Waals surface area (Å²) in [7, 11) is 3.02. The standard InChI is InChI=1S/C28H40N6O7S3/c29-18(17-42)24(36)26(38)31-13-3-1-7-19(28(40)41)32-25(37)20-8-5-15-34(20)27(39)21-9-6-14-33(21)23(35)11-16-43-44-22-10-2-4-12-30-22/h2,4,10,12,18-21,42H,1,3,5-9,11,13-17,29H2,(H,31,38)(H,32,37)(H,40,41)/t18-,19?,20?,21?/m0/s1. The van der Waals surface area contributed by atoms with Gasteiger partial charge in [0.25, 0.3) is 5.91 Å². The first-order valence-corrected chi connectivity index (χ1v) is 17.6. The number of amides is 4. The van der Waals surface area contributed by atoms with Gasteiger partial charge in [0, 0.05) is 43.8 Å². The number of carboxylic acids is 1. The van der Waals surface area contributed by atoms with Crippen LogP contribution in [0.15, 0.2) is 29.4 Å². The third-order valence-corrected chi connectivity index (χ3v) is 10.1. The Balaban J connectivity index is 1.46. The normalized spacial score (nSPS) is 19.3. The van der Waals surface area contributed by atoms with E-state index in [1.54, 1.807) is 11.1 Å². The van der Waals surface area contributed by atoms with Crippen molar-refractivity contribution in [2.45, 2.75) is 80.6 Å². The zero-order chi connectivity index (χ0) is 32.1. The molecule has 5 N–H and O–H groups in total. The predicted molar refractivity (Wildman–Crippen MR) is 170 cm³/mol. The van der Waals surface area contributed by atoms with Gasteiger partial charge in [-0.05, 0) is 67.9 Å². The number of Topliss-reactive ketones (excluding diaryl/α,β-unsaturated/α-hetero) is 1. The molecule has 0 bridgehead atoms. The van der Waals surface area contributed by atoms with Crippen LogP contribution in [0.1, 0.15) is 51.4 Å². The lowest BCUT2D eigenvalue weighted by atomic mass is 10.1.